The average Bonchev–Trinajstić information content (AvgIpc) is 3.09. The van der Waals surface area contributed by atoms with Crippen LogP contribution < -0.4 is 16.4 Å². The van der Waals surface area contributed by atoms with Crippen molar-refractivity contribution >= 4 is 28.6 Å². The number of fused-ring (bicyclic) bond motifs is 1. The van der Waals surface area contributed by atoms with Crippen LogP contribution in [0.15, 0.2) is 42.9 Å². The Kier molecular flexibility index (Phi) is 5.23. The quantitative estimate of drug-likeness (QED) is 0.629. The second-order valence-electron chi connectivity index (χ2n) is 7.24. The summed E-state index contributed by atoms with van der Waals surface area (Å²) in [6.45, 7) is 4.37. The van der Waals surface area contributed by atoms with Crippen molar-refractivity contribution in [1.29, 1.82) is 0 Å². The van der Waals surface area contributed by atoms with Crippen molar-refractivity contribution < 1.29 is 4.79 Å². The van der Waals surface area contributed by atoms with Crippen LogP contribution in [0.4, 0.5) is 17.2 Å². The van der Waals surface area contributed by atoms with Crippen LogP contribution in [0.3, 0.4) is 0 Å². The van der Waals surface area contributed by atoms with Crippen LogP contribution in [-0.2, 0) is 11.3 Å². The predicted octanol–water partition coefficient (Wildman–Crippen LogP) is 2.35. The minimum absolute atomic E-state index is 0.0882. The van der Waals surface area contributed by atoms with Gasteiger partial charge >= 0.3 is 0 Å². The highest BCUT2D eigenvalue weighted by Gasteiger charge is 2.18. The van der Waals surface area contributed by atoms with Crippen LogP contribution in [0.1, 0.15) is 25.3 Å². The molecule has 1 aliphatic rings. The van der Waals surface area contributed by atoms with E-state index in [4.69, 9.17) is 5.73 Å². The van der Waals surface area contributed by atoms with E-state index < -0.39 is 0 Å². The molecule has 0 radical (unpaired) electrons. The molecule has 1 amide bonds. The molecule has 4 N–H and O–H groups in total. The molecule has 0 saturated carbocycles. The SMILES string of the molecule is CC(=O)Nc1ccc(Nc2ncnn3ccc(CN4CCC(N)CC4)c23)cc1. The van der Waals surface area contributed by atoms with Crippen molar-refractivity contribution in [1.82, 2.24) is 19.5 Å². The van der Waals surface area contributed by atoms with Crippen LogP contribution >= 0.6 is 0 Å². The van der Waals surface area contributed by atoms with E-state index in [2.05, 4.69) is 31.7 Å². The third-order valence-electron chi connectivity index (χ3n) is 5.03. The van der Waals surface area contributed by atoms with E-state index in [1.54, 1.807) is 6.33 Å². The molecule has 1 fully saturated rings. The molecule has 8 heteroatoms. The Labute approximate surface area is 163 Å². The third kappa shape index (κ3) is 4.13. The molecule has 0 unspecified atom stereocenters. The number of carbonyl (C=O) groups excluding carboxylic acids is 1. The van der Waals surface area contributed by atoms with Crippen LogP contribution in [0, 0.1) is 0 Å². The van der Waals surface area contributed by atoms with Gasteiger partial charge in [-0.2, -0.15) is 5.10 Å². The van der Waals surface area contributed by atoms with Crippen molar-refractivity contribution in [2.75, 3.05) is 23.7 Å². The Hall–Kier alpha value is -2.97. The van der Waals surface area contributed by atoms with Gasteiger partial charge in [-0.25, -0.2) is 9.50 Å². The number of nitrogens with zero attached hydrogens (tertiary/aromatic N) is 4. The summed E-state index contributed by atoms with van der Waals surface area (Å²) < 4.78 is 1.85. The second-order valence-corrected chi connectivity index (χ2v) is 7.24. The van der Waals surface area contributed by atoms with Gasteiger partial charge in [0, 0.05) is 37.1 Å². The molecule has 28 heavy (non-hydrogen) atoms. The number of likely N-dealkylation sites (tertiary alicyclic amines) is 1. The lowest BCUT2D eigenvalue weighted by atomic mass is 10.1. The number of nitrogens with one attached hydrogen (secondary N) is 2. The first-order chi connectivity index (χ1) is 13.6. The van der Waals surface area contributed by atoms with E-state index in [0.29, 0.717) is 6.04 Å². The Balaban J connectivity index is 1.55. The fourth-order valence-corrected chi connectivity index (χ4v) is 3.57. The third-order valence-corrected chi connectivity index (χ3v) is 5.03. The van der Waals surface area contributed by atoms with Gasteiger partial charge in [-0.15, -0.1) is 0 Å². The summed E-state index contributed by atoms with van der Waals surface area (Å²) >= 11 is 0. The molecule has 8 nitrogen and oxygen atoms in total. The van der Waals surface area contributed by atoms with Crippen molar-refractivity contribution in [3.05, 3.63) is 48.4 Å². The van der Waals surface area contributed by atoms with E-state index in [9.17, 15) is 4.79 Å². The summed E-state index contributed by atoms with van der Waals surface area (Å²) in [5.41, 5.74) is 9.84. The maximum atomic E-state index is 11.2. The number of anilines is 3. The van der Waals surface area contributed by atoms with Gasteiger partial charge in [0.15, 0.2) is 5.82 Å². The van der Waals surface area contributed by atoms with Gasteiger partial charge in [-0.05, 0) is 61.8 Å². The molecule has 146 valence electrons. The van der Waals surface area contributed by atoms with Crippen LogP contribution in [0.2, 0.25) is 0 Å². The van der Waals surface area contributed by atoms with Crippen molar-refractivity contribution in [2.24, 2.45) is 5.73 Å². The minimum atomic E-state index is -0.0882. The van der Waals surface area contributed by atoms with Crippen LogP contribution in [0.25, 0.3) is 5.52 Å². The number of benzene rings is 1. The molecule has 1 aromatic carbocycles. The fourth-order valence-electron chi connectivity index (χ4n) is 3.57. The normalized spacial score (nSPS) is 15.6. The maximum absolute atomic E-state index is 11.2. The zero-order valence-corrected chi connectivity index (χ0v) is 15.9. The Bertz CT molecular complexity index is 958. The zero-order chi connectivity index (χ0) is 19.5. The summed E-state index contributed by atoms with van der Waals surface area (Å²) in [5.74, 6) is 0.672. The van der Waals surface area contributed by atoms with E-state index >= 15 is 0 Å². The second kappa shape index (κ2) is 7.95. The van der Waals surface area contributed by atoms with Crippen molar-refractivity contribution in [3.8, 4) is 0 Å². The van der Waals surface area contributed by atoms with E-state index in [1.807, 2.05) is 35.0 Å². The number of aromatic nitrogens is 3. The first kappa shape index (κ1) is 18.4. The molecule has 0 atom stereocenters. The van der Waals surface area contributed by atoms with Crippen molar-refractivity contribution in [2.45, 2.75) is 32.4 Å². The largest absolute Gasteiger partial charge is 0.338 e. The smallest absolute Gasteiger partial charge is 0.221 e. The standard InChI is InChI=1S/C20H25N7O/c1-14(28)24-17-2-4-18(5-3-17)25-20-19-15(6-11-27(19)23-13-22-20)12-26-9-7-16(21)8-10-26/h2-6,11,13,16H,7-10,12,21H2,1H3,(H,24,28)(H,22,23,25). The number of piperidine rings is 1. The predicted molar refractivity (Wildman–Crippen MR) is 110 cm³/mol. The Morgan fingerprint density at radius 2 is 1.89 bits per heavy atom. The molecule has 0 spiro atoms. The van der Waals surface area contributed by atoms with Gasteiger partial charge in [0.05, 0.1) is 0 Å². The molecule has 0 aliphatic carbocycles. The van der Waals surface area contributed by atoms with Gasteiger partial charge in [0.1, 0.15) is 11.8 Å². The number of carbonyl (C=O) groups is 1. The van der Waals surface area contributed by atoms with E-state index in [0.717, 1.165) is 55.2 Å². The zero-order valence-electron chi connectivity index (χ0n) is 15.9. The Morgan fingerprint density at radius 1 is 1.18 bits per heavy atom. The first-order valence-electron chi connectivity index (χ1n) is 9.52. The molecular formula is C20H25N7O. The van der Waals surface area contributed by atoms with Gasteiger partial charge in [-0.1, -0.05) is 0 Å². The Morgan fingerprint density at radius 3 is 2.61 bits per heavy atom. The van der Waals surface area contributed by atoms with Gasteiger partial charge in [0.25, 0.3) is 0 Å². The van der Waals surface area contributed by atoms with Gasteiger partial charge < -0.3 is 16.4 Å². The molecule has 4 rings (SSSR count). The number of amides is 1. The minimum Gasteiger partial charge on any atom is -0.338 e. The average molecular weight is 379 g/mol. The monoisotopic (exact) mass is 379 g/mol. The van der Waals surface area contributed by atoms with Crippen LogP contribution in [0.5, 0.6) is 0 Å². The summed E-state index contributed by atoms with van der Waals surface area (Å²) in [7, 11) is 0. The lowest BCUT2D eigenvalue weighted by molar-refractivity contribution is -0.114. The molecule has 3 aromatic rings. The number of hydrogen-bond donors (Lipinski definition) is 3. The highest BCUT2D eigenvalue weighted by molar-refractivity contribution is 5.89. The molecule has 1 aliphatic heterocycles. The molecule has 1 saturated heterocycles. The number of rotatable bonds is 5. The van der Waals surface area contributed by atoms with E-state index in [-0.39, 0.29) is 5.91 Å². The molecular weight excluding hydrogens is 354 g/mol. The maximum Gasteiger partial charge on any atom is 0.221 e. The summed E-state index contributed by atoms with van der Waals surface area (Å²) in [4.78, 5) is 18.1. The van der Waals surface area contributed by atoms with Crippen molar-refractivity contribution in [3.63, 3.8) is 0 Å². The summed E-state index contributed by atoms with van der Waals surface area (Å²) in [5, 5.41) is 10.5. The lowest BCUT2D eigenvalue weighted by Crippen LogP contribution is -2.39. The number of nitrogens with two attached hydrogens (primary N) is 1. The molecule has 3 heterocycles. The van der Waals surface area contributed by atoms with Crippen LogP contribution in [-0.4, -0.2) is 44.5 Å². The molecule has 2 aromatic heterocycles. The highest BCUT2D eigenvalue weighted by Crippen LogP contribution is 2.25. The van der Waals surface area contributed by atoms with Gasteiger partial charge in [0.2, 0.25) is 5.91 Å². The fraction of sp³-hybridized carbons (Fsp3) is 0.350. The summed E-state index contributed by atoms with van der Waals surface area (Å²) in [6, 6.07) is 9.97. The van der Waals surface area contributed by atoms with Gasteiger partial charge in [-0.3, -0.25) is 9.69 Å². The molecule has 0 bridgehead atoms. The highest BCUT2D eigenvalue weighted by atomic mass is 16.1. The lowest BCUT2D eigenvalue weighted by Gasteiger charge is -2.29. The number of hydrogen-bond acceptors (Lipinski definition) is 6. The first-order valence-corrected chi connectivity index (χ1v) is 9.52. The summed E-state index contributed by atoms with van der Waals surface area (Å²) in [6.07, 6.45) is 5.58. The topological polar surface area (TPSA) is 101 Å². The van der Waals surface area contributed by atoms with E-state index in [1.165, 1.54) is 12.5 Å².